The third-order valence-electron chi connectivity index (χ3n) is 4.12. The van der Waals surface area contributed by atoms with Crippen LogP contribution in [0.15, 0.2) is 29.2 Å². The van der Waals surface area contributed by atoms with E-state index in [0.717, 1.165) is 4.31 Å². The number of carboxylic acid groups (broad SMARTS) is 1. The van der Waals surface area contributed by atoms with Gasteiger partial charge in [-0.1, -0.05) is 0 Å². The molecular weight excluding hydrogens is 379 g/mol. The first-order valence-electron chi connectivity index (χ1n) is 7.70. The highest BCUT2D eigenvalue weighted by Gasteiger charge is 2.54. The first-order valence-corrected chi connectivity index (χ1v) is 9.14. The Morgan fingerprint density at radius 2 is 1.81 bits per heavy atom. The van der Waals surface area contributed by atoms with E-state index in [1.165, 1.54) is 24.3 Å². The Hall–Kier alpha value is -1.85. The minimum absolute atomic E-state index is 0.130. The van der Waals surface area contributed by atoms with Gasteiger partial charge in [-0.15, -0.1) is 0 Å². The summed E-state index contributed by atoms with van der Waals surface area (Å²) in [7, 11) is -4.05. The monoisotopic (exact) mass is 397 g/mol. The molecule has 0 spiro atoms. The van der Waals surface area contributed by atoms with E-state index in [9.17, 15) is 31.5 Å². The molecule has 0 aliphatic carbocycles. The van der Waals surface area contributed by atoms with Crippen molar-refractivity contribution in [3.8, 4) is 5.75 Å². The lowest BCUT2D eigenvalue weighted by Crippen LogP contribution is -2.46. The number of aliphatic carboxylic acids is 1. The number of carboxylic acids is 1. The zero-order valence-corrected chi connectivity index (χ0v) is 14.4. The van der Waals surface area contributed by atoms with Gasteiger partial charge in [0.25, 0.3) is 0 Å². The van der Waals surface area contributed by atoms with Gasteiger partial charge < -0.3 is 14.9 Å². The zero-order chi connectivity index (χ0) is 19.6. The maximum atomic E-state index is 13.0. The summed E-state index contributed by atoms with van der Waals surface area (Å²) in [4.78, 5) is 10.3. The molecule has 1 aromatic rings. The number of hydrogen-bond acceptors (Lipinski definition) is 5. The second-order valence-electron chi connectivity index (χ2n) is 5.94. The first-order chi connectivity index (χ1) is 12.0. The lowest BCUT2D eigenvalue weighted by Gasteiger charge is -2.29. The molecule has 1 fully saturated rings. The van der Waals surface area contributed by atoms with Crippen molar-refractivity contribution in [3.63, 3.8) is 0 Å². The van der Waals surface area contributed by atoms with E-state index in [1.54, 1.807) is 0 Å². The number of aliphatic hydroxyl groups is 1. The molecule has 1 aromatic carbocycles. The highest BCUT2D eigenvalue weighted by atomic mass is 32.2. The number of hydrogen-bond donors (Lipinski definition) is 2. The second kappa shape index (κ2) is 7.41. The lowest BCUT2D eigenvalue weighted by molar-refractivity contribution is -0.263. The van der Waals surface area contributed by atoms with Crippen LogP contribution in [0.3, 0.4) is 0 Å². The van der Waals surface area contributed by atoms with Crippen LogP contribution in [0, 0.1) is 0 Å². The molecule has 2 rings (SSSR count). The number of rotatable bonds is 5. The molecule has 1 aliphatic rings. The zero-order valence-electron chi connectivity index (χ0n) is 13.6. The highest BCUT2D eigenvalue weighted by molar-refractivity contribution is 7.89. The van der Waals surface area contributed by atoms with Crippen molar-refractivity contribution in [1.29, 1.82) is 0 Å². The van der Waals surface area contributed by atoms with E-state index in [1.807, 2.05) is 0 Å². The smallest absolute Gasteiger partial charge is 0.417 e. The Morgan fingerprint density at radius 1 is 1.19 bits per heavy atom. The van der Waals surface area contributed by atoms with Crippen LogP contribution in [0.4, 0.5) is 13.2 Å². The molecule has 1 atom stereocenters. The molecule has 0 amide bonds. The van der Waals surface area contributed by atoms with Crippen LogP contribution in [-0.4, -0.2) is 60.4 Å². The molecule has 2 N–H and O–H groups in total. The highest BCUT2D eigenvalue weighted by Crippen LogP contribution is 2.39. The third-order valence-corrected chi connectivity index (χ3v) is 6.04. The van der Waals surface area contributed by atoms with Gasteiger partial charge in [0.15, 0.2) is 12.2 Å². The number of alkyl halides is 3. The van der Waals surface area contributed by atoms with E-state index >= 15 is 0 Å². The molecular formula is C15H18F3NO6S. The standard InChI is InChI=1S/C15H18F3NO6S/c16-15(17,18)14(22)6-1-8-19(9-7-14)26(23,24)12-4-2-11(3-5-12)25-10-13(20)21/h2-5,22H,1,6-10H2,(H,20,21). The van der Waals surface area contributed by atoms with E-state index in [0.29, 0.717) is 0 Å². The molecule has 146 valence electrons. The summed E-state index contributed by atoms with van der Waals surface area (Å²) in [6.45, 7) is -1.19. The van der Waals surface area contributed by atoms with Crippen molar-refractivity contribution >= 4 is 16.0 Å². The van der Waals surface area contributed by atoms with Crippen LogP contribution in [0.5, 0.6) is 5.75 Å². The van der Waals surface area contributed by atoms with E-state index in [-0.39, 0.29) is 23.6 Å². The average Bonchev–Trinajstić information content (AvgIpc) is 2.76. The predicted molar refractivity (Wildman–Crippen MR) is 83.2 cm³/mol. The minimum Gasteiger partial charge on any atom is -0.482 e. The van der Waals surface area contributed by atoms with Crippen molar-refractivity contribution in [1.82, 2.24) is 4.31 Å². The van der Waals surface area contributed by atoms with Crippen molar-refractivity contribution in [2.45, 2.75) is 35.9 Å². The molecule has 1 unspecified atom stereocenters. The van der Waals surface area contributed by atoms with Gasteiger partial charge in [0, 0.05) is 13.1 Å². The fourth-order valence-corrected chi connectivity index (χ4v) is 4.10. The van der Waals surface area contributed by atoms with Crippen LogP contribution < -0.4 is 4.74 Å². The van der Waals surface area contributed by atoms with Gasteiger partial charge in [-0.05, 0) is 43.5 Å². The number of ether oxygens (including phenoxy) is 1. The first kappa shape index (κ1) is 20.5. The molecule has 0 saturated carbocycles. The van der Waals surface area contributed by atoms with Crippen molar-refractivity contribution in [2.75, 3.05) is 19.7 Å². The number of nitrogens with zero attached hydrogens (tertiary/aromatic N) is 1. The average molecular weight is 397 g/mol. The van der Waals surface area contributed by atoms with Gasteiger partial charge in [-0.2, -0.15) is 17.5 Å². The molecule has 1 aliphatic heterocycles. The van der Waals surface area contributed by atoms with Gasteiger partial charge in [0.2, 0.25) is 10.0 Å². The molecule has 0 radical (unpaired) electrons. The van der Waals surface area contributed by atoms with Crippen LogP contribution in [0.25, 0.3) is 0 Å². The minimum atomic E-state index is -4.82. The maximum absolute atomic E-state index is 13.0. The largest absolute Gasteiger partial charge is 0.482 e. The van der Waals surface area contributed by atoms with Crippen molar-refractivity contribution in [2.24, 2.45) is 0 Å². The fourth-order valence-electron chi connectivity index (χ4n) is 2.62. The molecule has 0 aromatic heterocycles. The van der Waals surface area contributed by atoms with Crippen LogP contribution in [-0.2, 0) is 14.8 Å². The Balaban J connectivity index is 2.13. The number of halogens is 3. The fraction of sp³-hybridized carbons (Fsp3) is 0.533. The molecule has 7 nitrogen and oxygen atoms in total. The molecule has 0 bridgehead atoms. The SMILES string of the molecule is O=C(O)COc1ccc(S(=O)(=O)N2CCCC(O)(C(F)(F)F)CC2)cc1. The van der Waals surface area contributed by atoms with Crippen molar-refractivity contribution < 1.29 is 41.3 Å². The predicted octanol–water partition coefficient (Wildman–Crippen LogP) is 1.62. The Labute approximate surface area is 148 Å². The summed E-state index contributed by atoms with van der Waals surface area (Å²) in [5.41, 5.74) is -2.90. The number of benzene rings is 1. The normalized spacial score (nSPS) is 22.6. The quantitative estimate of drug-likeness (QED) is 0.783. The van der Waals surface area contributed by atoms with Crippen LogP contribution in [0.1, 0.15) is 19.3 Å². The van der Waals surface area contributed by atoms with E-state index in [4.69, 9.17) is 9.84 Å². The summed E-state index contributed by atoms with van der Waals surface area (Å²) in [6.07, 6.45) is -6.26. The summed E-state index contributed by atoms with van der Waals surface area (Å²) >= 11 is 0. The lowest BCUT2D eigenvalue weighted by atomic mass is 9.94. The summed E-state index contributed by atoms with van der Waals surface area (Å²) in [5.74, 6) is -1.04. The number of sulfonamides is 1. The molecule has 11 heteroatoms. The molecule has 26 heavy (non-hydrogen) atoms. The molecule has 1 saturated heterocycles. The third kappa shape index (κ3) is 4.46. The van der Waals surface area contributed by atoms with Gasteiger partial charge in [-0.25, -0.2) is 13.2 Å². The summed E-state index contributed by atoms with van der Waals surface area (Å²) in [5, 5.41) is 18.3. The Kier molecular flexibility index (Phi) is 5.83. The topological polar surface area (TPSA) is 104 Å². The van der Waals surface area contributed by atoms with Crippen LogP contribution in [0.2, 0.25) is 0 Å². The molecule has 1 heterocycles. The Morgan fingerprint density at radius 3 is 2.35 bits per heavy atom. The van der Waals surface area contributed by atoms with Gasteiger partial charge in [0.1, 0.15) is 5.75 Å². The number of carbonyl (C=O) groups is 1. The van der Waals surface area contributed by atoms with Crippen molar-refractivity contribution in [3.05, 3.63) is 24.3 Å². The van der Waals surface area contributed by atoms with E-state index < -0.39 is 53.8 Å². The van der Waals surface area contributed by atoms with Gasteiger partial charge >= 0.3 is 12.1 Å². The summed E-state index contributed by atoms with van der Waals surface area (Å²) in [6, 6.07) is 4.90. The summed E-state index contributed by atoms with van der Waals surface area (Å²) < 4.78 is 69.9. The Bertz CT molecular complexity index is 750. The van der Waals surface area contributed by atoms with Crippen LogP contribution >= 0.6 is 0 Å². The van der Waals surface area contributed by atoms with Gasteiger partial charge in [0.05, 0.1) is 4.90 Å². The maximum Gasteiger partial charge on any atom is 0.417 e. The second-order valence-corrected chi connectivity index (χ2v) is 7.88. The van der Waals surface area contributed by atoms with Gasteiger partial charge in [-0.3, -0.25) is 0 Å². The van der Waals surface area contributed by atoms with E-state index in [2.05, 4.69) is 0 Å².